The maximum Gasteiger partial charge on any atom is 0.159 e. The highest BCUT2D eigenvalue weighted by atomic mass is 16.1. The number of rotatable bonds is 3. The van der Waals surface area contributed by atoms with Crippen molar-refractivity contribution in [2.45, 2.75) is 13.3 Å². The van der Waals surface area contributed by atoms with Gasteiger partial charge in [-0.05, 0) is 30.5 Å². The van der Waals surface area contributed by atoms with Gasteiger partial charge in [-0.1, -0.05) is 48.5 Å². The van der Waals surface area contributed by atoms with Gasteiger partial charge in [0, 0.05) is 5.56 Å². The minimum absolute atomic E-state index is 0.112. The lowest BCUT2D eigenvalue weighted by atomic mass is 10.0. The van der Waals surface area contributed by atoms with Crippen LogP contribution in [0.5, 0.6) is 0 Å². The molecular formula is C15H13O. The summed E-state index contributed by atoms with van der Waals surface area (Å²) in [5, 5.41) is 0. The highest BCUT2D eigenvalue weighted by molar-refractivity contribution is 5.94. The van der Waals surface area contributed by atoms with E-state index in [1.807, 2.05) is 36.4 Å². The van der Waals surface area contributed by atoms with Crippen molar-refractivity contribution in [2.24, 2.45) is 0 Å². The summed E-state index contributed by atoms with van der Waals surface area (Å²) in [6.07, 6.45) is 0.896. The van der Waals surface area contributed by atoms with E-state index >= 15 is 0 Å². The third-order valence-corrected chi connectivity index (χ3v) is 2.56. The third kappa shape index (κ3) is 2.57. The Bertz CT molecular complexity index is 469. The van der Waals surface area contributed by atoms with Crippen LogP contribution < -0.4 is 0 Å². The lowest BCUT2D eigenvalue weighted by Crippen LogP contribution is -1.93. The van der Waals surface area contributed by atoms with E-state index in [1.165, 1.54) is 11.1 Å². The van der Waals surface area contributed by atoms with E-state index in [0.717, 1.165) is 12.0 Å². The quantitative estimate of drug-likeness (QED) is 0.709. The minimum Gasteiger partial charge on any atom is -0.295 e. The van der Waals surface area contributed by atoms with Gasteiger partial charge in [0.05, 0.1) is 0 Å². The fraction of sp³-hybridized carbons (Fsp3) is 0.133. The number of carbonyl (C=O) groups excluding carboxylic acids is 1. The van der Waals surface area contributed by atoms with Crippen molar-refractivity contribution in [1.82, 2.24) is 0 Å². The predicted octanol–water partition coefficient (Wildman–Crippen LogP) is 3.28. The molecule has 0 aliphatic carbocycles. The van der Waals surface area contributed by atoms with Crippen LogP contribution in [-0.4, -0.2) is 5.78 Å². The van der Waals surface area contributed by atoms with E-state index in [9.17, 15) is 4.79 Å². The number of benzene rings is 2. The van der Waals surface area contributed by atoms with Gasteiger partial charge < -0.3 is 0 Å². The molecule has 0 saturated heterocycles. The second-order valence-electron chi connectivity index (χ2n) is 3.84. The molecule has 1 radical (unpaired) electrons. The Kier molecular flexibility index (Phi) is 3.16. The normalized spacial score (nSPS) is 10.1. The monoisotopic (exact) mass is 209 g/mol. The maximum atomic E-state index is 11.1. The van der Waals surface area contributed by atoms with Gasteiger partial charge in [-0.25, -0.2) is 0 Å². The van der Waals surface area contributed by atoms with Crippen molar-refractivity contribution in [3.8, 4) is 0 Å². The third-order valence-electron chi connectivity index (χ3n) is 2.56. The molecule has 0 amide bonds. The lowest BCUT2D eigenvalue weighted by molar-refractivity contribution is 0.101. The molecule has 0 fully saturated rings. The molecule has 0 bridgehead atoms. The zero-order chi connectivity index (χ0) is 11.4. The van der Waals surface area contributed by atoms with Crippen molar-refractivity contribution < 1.29 is 4.79 Å². The number of ketones is 1. The van der Waals surface area contributed by atoms with Crippen LogP contribution in [0.1, 0.15) is 28.4 Å². The first-order valence-corrected chi connectivity index (χ1v) is 5.30. The molecule has 2 rings (SSSR count). The Hall–Kier alpha value is -1.89. The van der Waals surface area contributed by atoms with Gasteiger partial charge in [-0.3, -0.25) is 4.79 Å². The van der Waals surface area contributed by atoms with E-state index in [4.69, 9.17) is 0 Å². The SMILES string of the molecule is CC(=O)c1ccc(Cc2cc[c]cc2)cc1. The van der Waals surface area contributed by atoms with E-state index in [0.29, 0.717) is 0 Å². The molecule has 1 nitrogen and oxygen atoms in total. The Morgan fingerprint density at radius 3 is 2.12 bits per heavy atom. The van der Waals surface area contributed by atoms with Crippen LogP contribution in [0.4, 0.5) is 0 Å². The summed E-state index contributed by atoms with van der Waals surface area (Å²) in [6.45, 7) is 1.59. The van der Waals surface area contributed by atoms with Crippen LogP contribution in [0.15, 0.2) is 48.5 Å². The first-order chi connectivity index (χ1) is 7.75. The first-order valence-electron chi connectivity index (χ1n) is 5.30. The van der Waals surface area contributed by atoms with Crippen LogP contribution in [0.25, 0.3) is 0 Å². The van der Waals surface area contributed by atoms with Crippen LogP contribution in [0.3, 0.4) is 0 Å². The van der Waals surface area contributed by atoms with Gasteiger partial charge in [0.1, 0.15) is 0 Å². The summed E-state index contributed by atoms with van der Waals surface area (Å²) in [5.41, 5.74) is 3.25. The van der Waals surface area contributed by atoms with E-state index in [-0.39, 0.29) is 5.78 Å². The molecule has 0 aromatic heterocycles. The summed E-state index contributed by atoms with van der Waals surface area (Å²) in [6, 6.07) is 18.7. The van der Waals surface area contributed by atoms with Gasteiger partial charge in [0.15, 0.2) is 5.78 Å². The Morgan fingerprint density at radius 2 is 1.56 bits per heavy atom. The topological polar surface area (TPSA) is 17.1 Å². The largest absolute Gasteiger partial charge is 0.295 e. The lowest BCUT2D eigenvalue weighted by Gasteiger charge is -2.02. The fourth-order valence-corrected chi connectivity index (χ4v) is 1.63. The van der Waals surface area contributed by atoms with Gasteiger partial charge in [-0.15, -0.1) is 0 Å². The number of carbonyl (C=O) groups is 1. The van der Waals surface area contributed by atoms with Crippen molar-refractivity contribution in [3.63, 3.8) is 0 Å². The molecule has 0 atom stereocenters. The van der Waals surface area contributed by atoms with Crippen molar-refractivity contribution >= 4 is 5.78 Å². The molecule has 2 aromatic rings. The van der Waals surface area contributed by atoms with Crippen molar-refractivity contribution in [2.75, 3.05) is 0 Å². The molecule has 0 spiro atoms. The summed E-state index contributed by atoms with van der Waals surface area (Å²) in [4.78, 5) is 11.1. The van der Waals surface area contributed by atoms with Crippen LogP contribution >= 0.6 is 0 Å². The number of Topliss-reactive ketones (excluding diaryl/α,β-unsaturated/α-hetero) is 1. The molecular weight excluding hydrogens is 196 g/mol. The summed E-state index contributed by atoms with van der Waals surface area (Å²) in [7, 11) is 0. The van der Waals surface area contributed by atoms with Gasteiger partial charge >= 0.3 is 0 Å². The minimum atomic E-state index is 0.112. The maximum absolute atomic E-state index is 11.1. The molecule has 1 heteroatoms. The molecule has 0 N–H and O–H groups in total. The highest BCUT2D eigenvalue weighted by Crippen LogP contribution is 2.10. The smallest absolute Gasteiger partial charge is 0.159 e. The van der Waals surface area contributed by atoms with E-state index < -0.39 is 0 Å². The first kappa shape index (κ1) is 10.6. The number of hydrogen-bond acceptors (Lipinski definition) is 1. The van der Waals surface area contributed by atoms with E-state index in [1.54, 1.807) is 6.92 Å². The average Bonchev–Trinajstić information content (AvgIpc) is 2.31. The van der Waals surface area contributed by atoms with E-state index in [2.05, 4.69) is 18.2 Å². The molecule has 16 heavy (non-hydrogen) atoms. The Labute approximate surface area is 95.7 Å². The molecule has 0 aliphatic heterocycles. The molecule has 0 heterocycles. The number of hydrogen-bond donors (Lipinski definition) is 0. The standard InChI is InChI=1S/C15H13O/c1-12(16)15-9-7-14(8-10-15)11-13-5-3-2-4-6-13/h3-10H,11H2,1H3. The van der Waals surface area contributed by atoms with Gasteiger partial charge in [0.2, 0.25) is 0 Å². The van der Waals surface area contributed by atoms with Crippen LogP contribution in [0, 0.1) is 6.07 Å². The van der Waals surface area contributed by atoms with Crippen molar-refractivity contribution in [1.29, 1.82) is 0 Å². The summed E-state index contributed by atoms with van der Waals surface area (Å²) in [5.74, 6) is 0.112. The highest BCUT2D eigenvalue weighted by Gasteiger charge is 1.99. The predicted molar refractivity (Wildman–Crippen MR) is 64.5 cm³/mol. The Morgan fingerprint density at radius 1 is 1.00 bits per heavy atom. The van der Waals surface area contributed by atoms with Gasteiger partial charge in [-0.2, -0.15) is 0 Å². The second-order valence-corrected chi connectivity index (χ2v) is 3.84. The van der Waals surface area contributed by atoms with Crippen molar-refractivity contribution in [3.05, 3.63) is 71.3 Å². The zero-order valence-corrected chi connectivity index (χ0v) is 9.23. The molecule has 0 saturated carbocycles. The van der Waals surface area contributed by atoms with Gasteiger partial charge in [0.25, 0.3) is 0 Å². The summed E-state index contributed by atoms with van der Waals surface area (Å²) >= 11 is 0. The second kappa shape index (κ2) is 4.75. The van der Waals surface area contributed by atoms with Crippen LogP contribution in [-0.2, 0) is 6.42 Å². The Balaban J connectivity index is 2.14. The molecule has 0 aliphatic rings. The molecule has 2 aromatic carbocycles. The fourth-order valence-electron chi connectivity index (χ4n) is 1.63. The van der Waals surface area contributed by atoms with Crippen LogP contribution in [0.2, 0.25) is 0 Å². The molecule has 79 valence electrons. The molecule has 0 unspecified atom stereocenters. The summed E-state index contributed by atoms with van der Waals surface area (Å²) < 4.78 is 0. The average molecular weight is 209 g/mol. The zero-order valence-electron chi connectivity index (χ0n) is 9.23.